The fourth-order valence-corrected chi connectivity index (χ4v) is 1.52. The van der Waals surface area contributed by atoms with Gasteiger partial charge in [-0.25, -0.2) is 9.18 Å². The van der Waals surface area contributed by atoms with E-state index in [1.807, 2.05) is 0 Å². The Labute approximate surface area is 131 Å². The zero-order valence-corrected chi connectivity index (χ0v) is 12.3. The van der Waals surface area contributed by atoms with Gasteiger partial charge in [0.15, 0.2) is 0 Å². The lowest BCUT2D eigenvalue weighted by Crippen LogP contribution is -2.38. The molecule has 1 aromatic carbocycles. The number of hydrogen-bond acceptors (Lipinski definition) is 3. The van der Waals surface area contributed by atoms with Crippen molar-refractivity contribution in [3.05, 3.63) is 30.1 Å². The number of halogens is 4. The van der Waals surface area contributed by atoms with Gasteiger partial charge in [-0.2, -0.15) is 13.2 Å². The van der Waals surface area contributed by atoms with E-state index in [2.05, 4.69) is 15.4 Å². The summed E-state index contributed by atoms with van der Waals surface area (Å²) < 4.78 is 57.8. The molecule has 130 valence electrons. The lowest BCUT2D eigenvalue weighted by atomic mass is 10.3. The number of benzene rings is 1. The Morgan fingerprint density at radius 3 is 2.57 bits per heavy atom. The van der Waals surface area contributed by atoms with Gasteiger partial charge < -0.3 is 20.1 Å². The van der Waals surface area contributed by atoms with Crippen LogP contribution >= 0.6 is 0 Å². The lowest BCUT2D eigenvalue weighted by Gasteiger charge is -2.10. The number of carbonyl (C=O) groups is 1. The number of hydrogen-bond donors (Lipinski definition) is 2. The highest BCUT2D eigenvalue weighted by atomic mass is 19.4. The summed E-state index contributed by atoms with van der Waals surface area (Å²) in [4.78, 5) is 11.3. The van der Waals surface area contributed by atoms with Crippen molar-refractivity contribution in [2.75, 3.05) is 32.9 Å². The van der Waals surface area contributed by atoms with Crippen molar-refractivity contribution in [2.24, 2.45) is 0 Å². The molecule has 1 rings (SSSR count). The highest BCUT2D eigenvalue weighted by Gasteiger charge is 2.27. The van der Waals surface area contributed by atoms with E-state index in [0.717, 1.165) is 0 Å². The predicted octanol–water partition coefficient (Wildman–Crippen LogP) is 2.47. The van der Waals surface area contributed by atoms with E-state index in [1.165, 1.54) is 18.2 Å². The van der Waals surface area contributed by atoms with Crippen molar-refractivity contribution in [3.8, 4) is 5.75 Å². The highest BCUT2D eigenvalue weighted by molar-refractivity contribution is 5.73. The quantitative estimate of drug-likeness (QED) is 0.537. The summed E-state index contributed by atoms with van der Waals surface area (Å²) in [5.41, 5.74) is 0. The van der Waals surface area contributed by atoms with Gasteiger partial charge in [-0.1, -0.05) is 6.07 Å². The number of rotatable bonds is 9. The first-order chi connectivity index (χ1) is 10.9. The summed E-state index contributed by atoms with van der Waals surface area (Å²) in [5.74, 6) is -0.0602. The normalized spacial score (nSPS) is 11.1. The van der Waals surface area contributed by atoms with E-state index in [9.17, 15) is 22.4 Å². The number of nitrogens with one attached hydrogen (secondary N) is 2. The standard InChI is InChI=1S/C14H18F4N2O3/c15-11-3-1-4-12(9-11)23-8-6-20-13(21)19-5-2-7-22-10-14(16,17)18/h1,3-4,9H,2,5-8,10H2,(H2,19,20,21). The smallest absolute Gasteiger partial charge is 0.411 e. The van der Waals surface area contributed by atoms with Crippen LogP contribution in [0.2, 0.25) is 0 Å². The Hall–Kier alpha value is -2.03. The zero-order chi connectivity index (χ0) is 17.1. The SMILES string of the molecule is O=C(NCCCOCC(F)(F)F)NCCOc1cccc(F)c1. The first-order valence-electron chi connectivity index (χ1n) is 6.91. The number of ether oxygens (including phenoxy) is 2. The molecule has 0 bridgehead atoms. The molecule has 9 heteroatoms. The molecular weight excluding hydrogens is 320 g/mol. The van der Waals surface area contributed by atoms with Gasteiger partial charge in [-0.15, -0.1) is 0 Å². The summed E-state index contributed by atoms with van der Waals surface area (Å²) in [6.45, 7) is -0.841. The Morgan fingerprint density at radius 2 is 1.87 bits per heavy atom. The molecule has 23 heavy (non-hydrogen) atoms. The van der Waals surface area contributed by atoms with Gasteiger partial charge in [0.05, 0.1) is 6.54 Å². The van der Waals surface area contributed by atoms with Gasteiger partial charge >= 0.3 is 12.2 Å². The fraction of sp³-hybridized carbons (Fsp3) is 0.500. The van der Waals surface area contributed by atoms with Gasteiger partial charge in [-0.3, -0.25) is 0 Å². The molecule has 5 nitrogen and oxygen atoms in total. The largest absolute Gasteiger partial charge is 0.492 e. The maximum absolute atomic E-state index is 12.9. The van der Waals surface area contributed by atoms with Crippen LogP contribution in [0.4, 0.5) is 22.4 Å². The van der Waals surface area contributed by atoms with Crippen molar-refractivity contribution >= 4 is 6.03 Å². The van der Waals surface area contributed by atoms with Gasteiger partial charge in [0.1, 0.15) is 24.8 Å². The van der Waals surface area contributed by atoms with Crippen LogP contribution in [0.3, 0.4) is 0 Å². The average Bonchev–Trinajstić information content (AvgIpc) is 2.46. The van der Waals surface area contributed by atoms with Crippen LogP contribution in [0.25, 0.3) is 0 Å². The number of urea groups is 1. The van der Waals surface area contributed by atoms with Crippen LogP contribution in [0.15, 0.2) is 24.3 Å². The first kappa shape index (κ1) is 19.0. The topological polar surface area (TPSA) is 59.6 Å². The molecule has 0 aliphatic carbocycles. The number of amides is 2. The van der Waals surface area contributed by atoms with Crippen LogP contribution < -0.4 is 15.4 Å². The van der Waals surface area contributed by atoms with E-state index in [-0.39, 0.29) is 32.7 Å². The van der Waals surface area contributed by atoms with Crippen molar-refractivity contribution < 1.29 is 31.8 Å². The molecular formula is C14H18F4N2O3. The van der Waals surface area contributed by atoms with E-state index in [1.54, 1.807) is 6.07 Å². The summed E-state index contributed by atoms with van der Waals surface area (Å²) in [7, 11) is 0. The van der Waals surface area contributed by atoms with Gasteiger partial charge in [0.25, 0.3) is 0 Å². The summed E-state index contributed by atoms with van der Waals surface area (Å²) in [5, 5.41) is 4.95. The van der Waals surface area contributed by atoms with E-state index >= 15 is 0 Å². The van der Waals surface area contributed by atoms with E-state index in [4.69, 9.17) is 4.74 Å². The first-order valence-corrected chi connectivity index (χ1v) is 6.91. The second-order valence-corrected chi connectivity index (χ2v) is 4.51. The molecule has 2 amide bonds. The Balaban J connectivity index is 1.98. The van der Waals surface area contributed by atoms with Crippen LogP contribution in [0.5, 0.6) is 5.75 Å². The Bertz CT molecular complexity index is 483. The van der Waals surface area contributed by atoms with Crippen LogP contribution in [-0.4, -0.2) is 45.1 Å². The van der Waals surface area contributed by atoms with Crippen molar-refractivity contribution in [3.63, 3.8) is 0 Å². The summed E-state index contributed by atoms with van der Waals surface area (Å²) in [6.07, 6.45) is -4.07. The molecule has 0 aromatic heterocycles. The molecule has 0 radical (unpaired) electrons. The molecule has 0 aliphatic heterocycles. The number of carbonyl (C=O) groups excluding carboxylic acids is 1. The molecule has 0 heterocycles. The minimum atomic E-state index is -4.34. The van der Waals surface area contributed by atoms with Gasteiger partial charge in [0, 0.05) is 19.2 Å². The molecule has 0 saturated carbocycles. The molecule has 0 saturated heterocycles. The second-order valence-electron chi connectivity index (χ2n) is 4.51. The molecule has 0 atom stereocenters. The highest BCUT2D eigenvalue weighted by Crippen LogP contribution is 2.14. The fourth-order valence-electron chi connectivity index (χ4n) is 1.52. The van der Waals surface area contributed by atoms with E-state index < -0.39 is 24.6 Å². The third-order valence-electron chi connectivity index (χ3n) is 2.47. The van der Waals surface area contributed by atoms with Gasteiger partial charge in [-0.05, 0) is 18.6 Å². The van der Waals surface area contributed by atoms with Gasteiger partial charge in [0.2, 0.25) is 0 Å². The molecule has 0 spiro atoms. The third kappa shape index (κ3) is 10.3. The molecule has 1 aromatic rings. The number of alkyl halides is 3. The van der Waals surface area contributed by atoms with Crippen LogP contribution in [-0.2, 0) is 4.74 Å². The molecule has 0 aliphatic rings. The minimum Gasteiger partial charge on any atom is -0.492 e. The average molecular weight is 338 g/mol. The Kier molecular flexibility index (Phi) is 8.17. The zero-order valence-electron chi connectivity index (χ0n) is 12.3. The predicted molar refractivity (Wildman–Crippen MR) is 74.8 cm³/mol. The van der Waals surface area contributed by atoms with Crippen LogP contribution in [0, 0.1) is 5.82 Å². The third-order valence-corrected chi connectivity index (χ3v) is 2.47. The maximum atomic E-state index is 12.9. The Morgan fingerprint density at radius 1 is 1.13 bits per heavy atom. The molecule has 2 N–H and O–H groups in total. The second kappa shape index (κ2) is 9.88. The molecule has 0 fully saturated rings. The van der Waals surface area contributed by atoms with Crippen molar-refractivity contribution in [2.45, 2.75) is 12.6 Å². The molecule has 0 unspecified atom stereocenters. The van der Waals surface area contributed by atoms with E-state index in [0.29, 0.717) is 5.75 Å². The summed E-state index contributed by atoms with van der Waals surface area (Å²) >= 11 is 0. The minimum absolute atomic E-state index is 0.0948. The lowest BCUT2D eigenvalue weighted by molar-refractivity contribution is -0.173. The maximum Gasteiger partial charge on any atom is 0.411 e. The van der Waals surface area contributed by atoms with Crippen molar-refractivity contribution in [1.82, 2.24) is 10.6 Å². The van der Waals surface area contributed by atoms with Crippen LogP contribution in [0.1, 0.15) is 6.42 Å². The summed E-state index contributed by atoms with van der Waals surface area (Å²) in [6, 6.07) is 5.14. The monoisotopic (exact) mass is 338 g/mol. The van der Waals surface area contributed by atoms with Crippen molar-refractivity contribution in [1.29, 1.82) is 0 Å².